The lowest BCUT2D eigenvalue weighted by molar-refractivity contribution is -0.136. The third-order valence-electron chi connectivity index (χ3n) is 4.02. The zero-order valence-electron chi connectivity index (χ0n) is 13.0. The fourth-order valence-electron chi connectivity index (χ4n) is 2.83. The maximum absolute atomic E-state index is 13.2. The summed E-state index contributed by atoms with van der Waals surface area (Å²) in [5.74, 6) is -3.06. The van der Waals surface area contributed by atoms with E-state index in [0.717, 1.165) is 0 Å². The van der Waals surface area contributed by atoms with Crippen molar-refractivity contribution in [1.82, 2.24) is 15.1 Å². The van der Waals surface area contributed by atoms with Gasteiger partial charge < -0.3 is 9.80 Å². The molecular formula is C14H24ClF2N3O2. The number of hydrogen-bond donors (Lipinski definition) is 1. The third kappa shape index (κ3) is 4.52. The second-order valence-electron chi connectivity index (χ2n) is 6.15. The van der Waals surface area contributed by atoms with Gasteiger partial charge in [0.25, 0.3) is 5.92 Å². The van der Waals surface area contributed by atoms with Crippen LogP contribution in [0.4, 0.5) is 8.78 Å². The molecule has 2 aliphatic rings. The van der Waals surface area contributed by atoms with Crippen molar-refractivity contribution in [2.75, 3.05) is 32.7 Å². The number of amides is 2. The Morgan fingerprint density at radius 3 is 2.27 bits per heavy atom. The van der Waals surface area contributed by atoms with Crippen molar-refractivity contribution >= 4 is 24.2 Å². The van der Waals surface area contributed by atoms with Gasteiger partial charge in [-0.1, -0.05) is 13.8 Å². The quantitative estimate of drug-likeness (QED) is 0.820. The van der Waals surface area contributed by atoms with Gasteiger partial charge in [0.2, 0.25) is 11.8 Å². The van der Waals surface area contributed by atoms with E-state index >= 15 is 0 Å². The van der Waals surface area contributed by atoms with Crippen molar-refractivity contribution in [2.24, 2.45) is 5.92 Å². The van der Waals surface area contributed by atoms with Crippen LogP contribution in [0.2, 0.25) is 0 Å². The Morgan fingerprint density at radius 2 is 1.73 bits per heavy atom. The van der Waals surface area contributed by atoms with Crippen molar-refractivity contribution in [3.05, 3.63) is 0 Å². The Morgan fingerprint density at radius 1 is 1.14 bits per heavy atom. The molecule has 8 heteroatoms. The van der Waals surface area contributed by atoms with Crippen LogP contribution in [-0.4, -0.2) is 66.3 Å². The largest absolute Gasteiger partial charge is 0.341 e. The molecule has 0 aliphatic carbocycles. The summed E-state index contributed by atoms with van der Waals surface area (Å²) in [5, 5.41) is 2.59. The van der Waals surface area contributed by atoms with Gasteiger partial charge in [-0.2, -0.15) is 0 Å². The molecule has 0 aromatic heterocycles. The maximum atomic E-state index is 13.2. The summed E-state index contributed by atoms with van der Waals surface area (Å²) in [7, 11) is 0. The van der Waals surface area contributed by atoms with Crippen molar-refractivity contribution in [2.45, 2.75) is 38.7 Å². The minimum absolute atomic E-state index is 0. The number of halogens is 3. The van der Waals surface area contributed by atoms with Crippen molar-refractivity contribution in [3.8, 4) is 0 Å². The summed E-state index contributed by atoms with van der Waals surface area (Å²) < 4.78 is 26.3. The Balaban J connectivity index is 0.00000242. The first kappa shape index (κ1) is 19.1. The zero-order valence-corrected chi connectivity index (χ0v) is 13.8. The monoisotopic (exact) mass is 339 g/mol. The minimum Gasteiger partial charge on any atom is -0.341 e. The van der Waals surface area contributed by atoms with Gasteiger partial charge in [0, 0.05) is 38.5 Å². The van der Waals surface area contributed by atoms with Crippen LogP contribution < -0.4 is 5.32 Å². The molecule has 0 radical (unpaired) electrons. The Labute approximate surface area is 135 Å². The molecule has 2 amide bonds. The molecule has 128 valence electrons. The normalized spacial score (nSPS) is 24.9. The fraction of sp³-hybridized carbons (Fsp3) is 0.857. The SMILES string of the molecule is CC(C)C(=O)N1CCCN(C(=O)C2CC(F)(F)CN2)CC1.Cl. The second kappa shape index (κ2) is 7.55. The molecule has 2 fully saturated rings. The Hall–Kier alpha value is -0.950. The number of nitrogens with zero attached hydrogens (tertiary/aromatic N) is 2. The first-order valence-electron chi connectivity index (χ1n) is 7.49. The molecule has 2 rings (SSSR count). The van der Waals surface area contributed by atoms with E-state index in [4.69, 9.17) is 0 Å². The third-order valence-corrected chi connectivity index (χ3v) is 4.02. The summed E-state index contributed by atoms with van der Waals surface area (Å²) in [6.45, 7) is 5.29. The molecular weight excluding hydrogens is 316 g/mol. The number of rotatable bonds is 2. The number of nitrogens with one attached hydrogen (secondary N) is 1. The average Bonchev–Trinajstić information content (AvgIpc) is 2.64. The lowest BCUT2D eigenvalue weighted by atomic mass is 10.1. The van der Waals surface area contributed by atoms with Gasteiger partial charge in [0.1, 0.15) is 0 Å². The first-order chi connectivity index (χ1) is 9.80. The van der Waals surface area contributed by atoms with Gasteiger partial charge in [-0.25, -0.2) is 8.78 Å². The van der Waals surface area contributed by atoms with Crippen LogP contribution in [0.5, 0.6) is 0 Å². The van der Waals surface area contributed by atoms with E-state index in [1.807, 2.05) is 13.8 Å². The molecule has 1 atom stereocenters. The van der Waals surface area contributed by atoms with E-state index in [-0.39, 0.29) is 30.1 Å². The van der Waals surface area contributed by atoms with Crippen molar-refractivity contribution in [1.29, 1.82) is 0 Å². The average molecular weight is 340 g/mol. The molecule has 0 spiro atoms. The molecule has 22 heavy (non-hydrogen) atoms. The number of carbonyl (C=O) groups excluding carboxylic acids is 2. The number of alkyl halides is 2. The van der Waals surface area contributed by atoms with Gasteiger partial charge in [-0.15, -0.1) is 12.4 Å². The molecule has 2 heterocycles. The molecule has 0 aromatic rings. The highest BCUT2D eigenvalue weighted by Gasteiger charge is 2.43. The first-order valence-corrected chi connectivity index (χ1v) is 7.49. The van der Waals surface area contributed by atoms with Crippen molar-refractivity contribution in [3.63, 3.8) is 0 Å². The van der Waals surface area contributed by atoms with Crippen LogP contribution in [0.25, 0.3) is 0 Å². The summed E-state index contributed by atoms with van der Waals surface area (Å²) in [5.41, 5.74) is 0. The van der Waals surface area contributed by atoms with Gasteiger partial charge in [0.15, 0.2) is 0 Å². The van der Waals surface area contributed by atoms with E-state index in [1.165, 1.54) is 0 Å². The molecule has 0 saturated carbocycles. The maximum Gasteiger partial charge on any atom is 0.262 e. The lowest BCUT2D eigenvalue weighted by Gasteiger charge is -2.25. The predicted molar refractivity (Wildman–Crippen MR) is 81.2 cm³/mol. The van der Waals surface area contributed by atoms with Crippen molar-refractivity contribution < 1.29 is 18.4 Å². The van der Waals surface area contributed by atoms with Gasteiger partial charge in [-0.05, 0) is 6.42 Å². The molecule has 0 bridgehead atoms. The standard InChI is InChI=1S/C14H23F2N3O2.ClH/c1-10(2)12(20)18-4-3-5-19(7-6-18)13(21)11-8-14(15,16)9-17-11;/h10-11,17H,3-9H2,1-2H3;1H. The topological polar surface area (TPSA) is 52.7 Å². The van der Waals surface area contributed by atoms with Gasteiger partial charge in [-0.3, -0.25) is 14.9 Å². The highest BCUT2D eigenvalue weighted by atomic mass is 35.5. The summed E-state index contributed by atoms with van der Waals surface area (Å²) >= 11 is 0. The molecule has 1 unspecified atom stereocenters. The lowest BCUT2D eigenvalue weighted by Crippen LogP contribution is -2.45. The van der Waals surface area contributed by atoms with Gasteiger partial charge in [0.05, 0.1) is 12.6 Å². The molecule has 2 saturated heterocycles. The van der Waals surface area contributed by atoms with Crippen LogP contribution >= 0.6 is 12.4 Å². The van der Waals surface area contributed by atoms with Crippen LogP contribution in [0, 0.1) is 5.92 Å². The van der Waals surface area contributed by atoms with E-state index < -0.39 is 24.9 Å². The number of hydrogen-bond acceptors (Lipinski definition) is 3. The Kier molecular flexibility index (Phi) is 6.55. The molecule has 2 aliphatic heterocycles. The van der Waals surface area contributed by atoms with E-state index in [0.29, 0.717) is 32.6 Å². The second-order valence-corrected chi connectivity index (χ2v) is 6.15. The van der Waals surface area contributed by atoms with E-state index in [2.05, 4.69) is 5.32 Å². The summed E-state index contributed by atoms with van der Waals surface area (Å²) in [6, 6.07) is -0.799. The Bertz CT molecular complexity index is 421. The number of carbonyl (C=O) groups is 2. The van der Waals surface area contributed by atoms with Crippen LogP contribution in [0.15, 0.2) is 0 Å². The highest BCUT2D eigenvalue weighted by molar-refractivity contribution is 5.85. The summed E-state index contributed by atoms with van der Waals surface area (Å²) in [6.07, 6.45) is 0.254. The zero-order chi connectivity index (χ0) is 15.6. The molecule has 1 N–H and O–H groups in total. The van der Waals surface area contributed by atoms with Crippen LogP contribution in [-0.2, 0) is 9.59 Å². The van der Waals surface area contributed by atoms with E-state index in [1.54, 1.807) is 9.80 Å². The van der Waals surface area contributed by atoms with Crippen LogP contribution in [0.3, 0.4) is 0 Å². The minimum atomic E-state index is -2.80. The summed E-state index contributed by atoms with van der Waals surface area (Å²) in [4.78, 5) is 27.6. The fourth-order valence-corrected chi connectivity index (χ4v) is 2.83. The van der Waals surface area contributed by atoms with Gasteiger partial charge >= 0.3 is 0 Å². The molecule has 5 nitrogen and oxygen atoms in total. The van der Waals surface area contributed by atoms with Crippen LogP contribution in [0.1, 0.15) is 26.7 Å². The predicted octanol–water partition coefficient (Wildman–Crippen LogP) is 1.12. The molecule has 0 aromatic carbocycles. The highest BCUT2D eigenvalue weighted by Crippen LogP contribution is 2.26. The van der Waals surface area contributed by atoms with E-state index in [9.17, 15) is 18.4 Å². The smallest absolute Gasteiger partial charge is 0.262 e.